The number of hydrogen-bond acceptors (Lipinski definition) is 3. The molecule has 1 N–H and O–H groups in total. The zero-order valence-corrected chi connectivity index (χ0v) is 12.5. The van der Waals surface area contributed by atoms with Gasteiger partial charge in [-0.1, -0.05) is 13.8 Å². The summed E-state index contributed by atoms with van der Waals surface area (Å²) >= 11 is 0. The lowest BCUT2D eigenvalue weighted by molar-refractivity contribution is -0.155. The molecule has 1 fully saturated rings. The third-order valence-electron chi connectivity index (χ3n) is 4.14. The number of carbonyl (C=O) groups is 2. The van der Waals surface area contributed by atoms with Gasteiger partial charge in [0.15, 0.2) is 0 Å². The van der Waals surface area contributed by atoms with Gasteiger partial charge in [-0.25, -0.2) is 4.98 Å². The summed E-state index contributed by atoms with van der Waals surface area (Å²) in [5.74, 6) is 0.671. The predicted molar refractivity (Wildman–Crippen MR) is 74.7 cm³/mol. The Kier molecular flexibility index (Phi) is 3.83. The van der Waals surface area contributed by atoms with Crippen molar-refractivity contribution in [1.29, 1.82) is 0 Å². The summed E-state index contributed by atoms with van der Waals surface area (Å²) < 4.78 is 1.87. The van der Waals surface area contributed by atoms with E-state index in [2.05, 4.69) is 10.3 Å². The van der Waals surface area contributed by atoms with E-state index in [4.69, 9.17) is 0 Å². The average Bonchev–Trinajstić information content (AvgIpc) is 2.81. The highest BCUT2D eigenvalue weighted by Crippen LogP contribution is 2.24. The highest BCUT2D eigenvalue weighted by atomic mass is 16.2. The van der Waals surface area contributed by atoms with Gasteiger partial charge in [-0.2, -0.15) is 0 Å². The molecule has 0 bridgehead atoms. The van der Waals surface area contributed by atoms with Crippen LogP contribution in [0.15, 0.2) is 12.4 Å². The van der Waals surface area contributed by atoms with Crippen LogP contribution in [0.25, 0.3) is 0 Å². The average molecular weight is 278 g/mol. The second-order valence-electron chi connectivity index (χ2n) is 5.49. The minimum atomic E-state index is -0.812. The number of carbonyl (C=O) groups excluding carboxylic acids is 2. The number of hydrogen-bond donors (Lipinski definition) is 1. The third-order valence-corrected chi connectivity index (χ3v) is 4.14. The van der Waals surface area contributed by atoms with Crippen LogP contribution in [0.4, 0.5) is 0 Å². The minimum Gasteiger partial charge on any atom is -0.340 e. The summed E-state index contributed by atoms with van der Waals surface area (Å²) in [7, 11) is 1.89. The van der Waals surface area contributed by atoms with Gasteiger partial charge in [-0.05, 0) is 19.8 Å². The molecule has 0 aliphatic carbocycles. The lowest BCUT2D eigenvalue weighted by Crippen LogP contribution is -2.68. The Hall–Kier alpha value is -1.85. The third kappa shape index (κ3) is 2.30. The SMILES string of the molecule is CCC1C(=O)NC(C)(CC)C(=O)N1Cc1nccn1C. The lowest BCUT2D eigenvalue weighted by Gasteiger charge is -2.43. The molecule has 110 valence electrons. The molecule has 6 nitrogen and oxygen atoms in total. The van der Waals surface area contributed by atoms with Crippen molar-refractivity contribution in [2.45, 2.75) is 51.7 Å². The van der Waals surface area contributed by atoms with Crippen LogP contribution in [-0.4, -0.2) is 37.8 Å². The van der Waals surface area contributed by atoms with Gasteiger partial charge in [0.1, 0.15) is 17.4 Å². The molecule has 1 aliphatic heterocycles. The molecular formula is C14H22N4O2. The molecule has 2 unspecified atom stereocenters. The van der Waals surface area contributed by atoms with Gasteiger partial charge in [0.25, 0.3) is 0 Å². The molecular weight excluding hydrogens is 256 g/mol. The summed E-state index contributed by atoms with van der Waals surface area (Å²) in [5.41, 5.74) is -0.812. The van der Waals surface area contributed by atoms with Crippen molar-refractivity contribution in [1.82, 2.24) is 19.8 Å². The Balaban J connectivity index is 2.32. The fraction of sp³-hybridized carbons (Fsp3) is 0.643. The predicted octanol–water partition coefficient (Wildman–Crippen LogP) is 0.826. The van der Waals surface area contributed by atoms with Crippen molar-refractivity contribution < 1.29 is 9.59 Å². The first-order valence-corrected chi connectivity index (χ1v) is 7.02. The molecule has 1 aromatic rings. The van der Waals surface area contributed by atoms with Gasteiger partial charge < -0.3 is 14.8 Å². The standard InChI is InChI=1S/C14H22N4O2/c1-5-10-12(19)16-14(3,6-2)13(20)18(10)9-11-15-7-8-17(11)4/h7-8,10H,5-6,9H2,1-4H3,(H,16,19). The van der Waals surface area contributed by atoms with Crippen LogP contribution in [0.5, 0.6) is 0 Å². The summed E-state index contributed by atoms with van der Waals surface area (Å²) in [6.07, 6.45) is 4.71. The zero-order chi connectivity index (χ0) is 14.9. The first-order chi connectivity index (χ1) is 9.42. The van der Waals surface area contributed by atoms with Crippen LogP contribution >= 0.6 is 0 Å². The number of aryl methyl sites for hydroxylation is 1. The number of imidazole rings is 1. The summed E-state index contributed by atoms with van der Waals surface area (Å²) in [4.78, 5) is 30.8. The maximum atomic E-state index is 12.7. The Labute approximate surface area is 119 Å². The smallest absolute Gasteiger partial charge is 0.249 e. The minimum absolute atomic E-state index is 0.0329. The fourth-order valence-electron chi connectivity index (χ4n) is 2.54. The van der Waals surface area contributed by atoms with E-state index in [-0.39, 0.29) is 11.8 Å². The van der Waals surface area contributed by atoms with E-state index in [0.717, 1.165) is 5.82 Å². The van der Waals surface area contributed by atoms with E-state index >= 15 is 0 Å². The molecule has 6 heteroatoms. The van der Waals surface area contributed by atoms with Crippen LogP contribution in [0, 0.1) is 0 Å². The van der Waals surface area contributed by atoms with Gasteiger partial charge in [-0.3, -0.25) is 9.59 Å². The van der Waals surface area contributed by atoms with Gasteiger partial charge >= 0.3 is 0 Å². The lowest BCUT2D eigenvalue weighted by atomic mass is 9.91. The van der Waals surface area contributed by atoms with E-state index in [1.54, 1.807) is 18.0 Å². The number of nitrogens with zero attached hydrogens (tertiary/aromatic N) is 3. The van der Waals surface area contributed by atoms with E-state index in [1.165, 1.54) is 0 Å². The second kappa shape index (κ2) is 5.26. The molecule has 2 heterocycles. The second-order valence-corrected chi connectivity index (χ2v) is 5.49. The molecule has 0 spiro atoms. The number of aromatic nitrogens is 2. The number of amides is 2. The van der Waals surface area contributed by atoms with Gasteiger partial charge in [0.2, 0.25) is 11.8 Å². The Bertz CT molecular complexity index is 525. The van der Waals surface area contributed by atoms with Gasteiger partial charge in [0.05, 0.1) is 6.54 Å². The quantitative estimate of drug-likeness (QED) is 0.887. The molecule has 1 saturated heterocycles. The Morgan fingerprint density at radius 3 is 2.60 bits per heavy atom. The van der Waals surface area contributed by atoms with Crippen LogP contribution in [0.2, 0.25) is 0 Å². The Morgan fingerprint density at radius 2 is 2.10 bits per heavy atom. The summed E-state index contributed by atoms with van der Waals surface area (Å²) in [6.45, 7) is 5.97. The number of nitrogens with one attached hydrogen (secondary N) is 1. The topological polar surface area (TPSA) is 67.2 Å². The largest absolute Gasteiger partial charge is 0.340 e. The molecule has 0 aromatic carbocycles. The molecule has 1 aliphatic rings. The van der Waals surface area contributed by atoms with Crippen molar-refractivity contribution in [2.24, 2.45) is 7.05 Å². The molecule has 2 amide bonds. The monoisotopic (exact) mass is 278 g/mol. The van der Waals surface area contributed by atoms with Crippen LogP contribution in [-0.2, 0) is 23.2 Å². The van der Waals surface area contributed by atoms with Crippen molar-refractivity contribution in [3.05, 3.63) is 18.2 Å². The van der Waals surface area contributed by atoms with E-state index in [0.29, 0.717) is 19.4 Å². The van der Waals surface area contributed by atoms with Crippen LogP contribution < -0.4 is 5.32 Å². The van der Waals surface area contributed by atoms with Crippen LogP contribution in [0.3, 0.4) is 0 Å². The first kappa shape index (κ1) is 14.6. The number of rotatable bonds is 4. The van der Waals surface area contributed by atoms with E-state index in [1.807, 2.05) is 31.7 Å². The van der Waals surface area contributed by atoms with Crippen molar-refractivity contribution >= 4 is 11.8 Å². The van der Waals surface area contributed by atoms with Crippen molar-refractivity contribution in [3.63, 3.8) is 0 Å². The van der Waals surface area contributed by atoms with Crippen molar-refractivity contribution in [2.75, 3.05) is 0 Å². The molecule has 0 radical (unpaired) electrons. The maximum Gasteiger partial charge on any atom is 0.249 e. The maximum absolute atomic E-state index is 12.7. The van der Waals surface area contributed by atoms with E-state index < -0.39 is 11.6 Å². The summed E-state index contributed by atoms with van der Waals surface area (Å²) in [5, 5.41) is 2.86. The molecule has 2 atom stereocenters. The fourth-order valence-corrected chi connectivity index (χ4v) is 2.54. The normalized spacial score (nSPS) is 26.8. The number of piperazine rings is 1. The summed E-state index contributed by atoms with van der Waals surface area (Å²) in [6, 6.07) is -0.418. The molecule has 0 saturated carbocycles. The molecule has 2 rings (SSSR count). The molecule has 20 heavy (non-hydrogen) atoms. The van der Waals surface area contributed by atoms with Gasteiger partial charge in [0, 0.05) is 19.4 Å². The molecule has 1 aromatic heterocycles. The first-order valence-electron chi connectivity index (χ1n) is 7.02. The highest BCUT2D eigenvalue weighted by molar-refractivity contribution is 5.99. The van der Waals surface area contributed by atoms with Crippen LogP contribution in [0.1, 0.15) is 39.4 Å². The van der Waals surface area contributed by atoms with Gasteiger partial charge in [-0.15, -0.1) is 0 Å². The highest BCUT2D eigenvalue weighted by Gasteiger charge is 2.46. The Morgan fingerprint density at radius 1 is 1.40 bits per heavy atom. The van der Waals surface area contributed by atoms with E-state index in [9.17, 15) is 9.59 Å². The van der Waals surface area contributed by atoms with Crippen molar-refractivity contribution in [3.8, 4) is 0 Å². The zero-order valence-electron chi connectivity index (χ0n) is 12.5.